The molecule has 0 amide bonds. The maximum Gasteiger partial charge on any atom is 0.311 e. The summed E-state index contributed by atoms with van der Waals surface area (Å²) in [7, 11) is 0. The number of nitriles is 1. The fourth-order valence-electron chi connectivity index (χ4n) is 3.60. The summed E-state index contributed by atoms with van der Waals surface area (Å²) in [6.07, 6.45) is -1.05. The number of carbonyl (C=O) groups is 1. The van der Waals surface area contributed by atoms with Gasteiger partial charge in [0.15, 0.2) is 3.24 Å². The van der Waals surface area contributed by atoms with Crippen molar-refractivity contribution in [1.82, 2.24) is 0 Å². The van der Waals surface area contributed by atoms with Crippen LogP contribution in [0.25, 0.3) is 0 Å². The standard InChI is InChI=1S/C22H19Br2Cl2NO3/c1-21(2)17(19(23)22(24,25)26)18(21)20(28)30-16(12-27)13-7-6-10-15(11-13)29-14-8-4-3-5-9-14/h3-11,16-19H,1-2H3/t16?,17-,18+,19+/m1/s1. The van der Waals surface area contributed by atoms with Crippen LogP contribution >= 0.6 is 55.1 Å². The molecule has 0 aromatic heterocycles. The van der Waals surface area contributed by atoms with Gasteiger partial charge in [0.2, 0.25) is 6.10 Å². The van der Waals surface area contributed by atoms with Crippen molar-refractivity contribution in [1.29, 1.82) is 5.26 Å². The lowest BCUT2D eigenvalue weighted by atomic mass is 10.1. The molecule has 2 aromatic rings. The first-order chi connectivity index (χ1) is 14.1. The second-order valence-corrected chi connectivity index (χ2v) is 12.2. The molecule has 1 unspecified atom stereocenters. The summed E-state index contributed by atoms with van der Waals surface area (Å²) >= 11 is 19.0. The second-order valence-electron chi connectivity index (χ2n) is 7.70. The quantitative estimate of drug-likeness (QED) is 0.260. The topological polar surface area (TPSA) is 59.3 Å². The SMILES string of the molecule is CC1(C)[C@@H]([C@H](Br)C(Cl)(Cl)Br)[C@H]1C(=O)OC(C#N)c1cccc(Oc2ccccc2)c1. The highest BCUT2D eigenvalue weighted by Crippen LogP contribution is 2.65. The summed E-state index contributed by atoms with van der Waals surface area (Å²) in [5.41, 5.74) is 0.168. The molecule has 0 heterocycles. The minimum atomic E-state index is -1.22. The molecule has 1 saturated carbocycles. The van der Waals surface area contributed by atoms with Crippen LogP contribution in [-0.2, 0) is 9.53 Å². The van der Waals surface area contributed by atoms with Crippen molar-refractivity contribution in [3.05, 3.63) is 60.2 Å². The van der Waals surface area contributed by atoms with Gasteiger partial charge in [-0.25, -0.2) is 0 Å². The third-order valence-corrected chi connectivity index (χ3v) is 8.64. The molecule has 4 atom stereocenters. The van der Waals surface area contributed by atoms with Crippen molar-refractivity contribution in [3.63, 3.8) is 0 Å². The van der Waals surface area contributed by atoms with Crippen LogP contribution in [0, 0.1) is 28.6 Å². The van der Waals surface area contributed by atoms with Crippen LogP contribution in [0.5, 0.6) is 11.5 Å². The average Bonchev–Trinajstić information content (AvgIpc) is 3.27. The van der Waals surface area contributed by atoms with Gasteiger partial charge in [-0.3, -0.25) is 4.79 Å². The van der Waals surface area contributed by atoms with E-state index in [-0.39, 0.29) is 16.2 Å². The maximum atomic E-state index is 12.9. The molecule has 0 aliphatic heterocycles. The van der Waals surface area contributed by atoms with Crippen molar-refractivity contribution < 1.29 is 14.3 Å². The Bertz CT molecular complexity index is 957. The molecule has 0 N–H and O–H groups in total. The first kappa shape index (κ1) is 23.4. The number of nitrogens with zero attached hydrogens (tertiary/aromatic N) is 1. The van der Waals surface area contributed by atoms with Gasteiger partial charge in [-0.2, -0.15) is 5.26 Å². The van der Waals surface area contributed by atoms with Gasteiger partial charge in [0, 0.05) is 5.56 Å². The molecule has 8 heteroatoms. The van der Waals surface area contributed by atoms with E-state index in [4.69, 9.17) is 32.7 Å². The lowest BCUT2D eigenvalue weighted by Gasteiger charge is -2.20. The van der Waals surface area contributed by atoms with E-state index in [0.29, 0.717) is 17.1 Å². The number of alkyl halides is 4. The summed E-state index contributed by atoms with van der Waals surface area (Å²) < 4.78 is 10.2. The number of halogens is 4. The molecule has 0 spiro atoms. The van der Waals surface area contributed by atoms with Crippen molar-refractivity contribution >= 4 is 61.0 Å². The normalized spacial score (nSPS) is 21.8. The number of esters is 1. The number of carbonyl (C=O) groups excluding carboxylic acids is 1. The lowest BCUT2D eigenvalue weighted by Crippen LogP contribution is -2.24. The summed E-state index contributed by atoms with van der Waals surface area (Å²) in [6, 6.07) is 18.3. The molecule has 4 nitrogen and oxygen atoms in total. The monoisotopic (exact) mass is 573 g/mol. The lowest BCUT2D eigenvalue weighted by molar-refractivity contribution is -0.149. The molecular weight excluding hydrogens is 557 g/mol. The van der Waals surface area contributed by atoms with Crippen LogP contribution in [0.3, 0.4) is 0 Å². The molecule has 158 valence electrons. The third kappa shape index (κ3) is 5.13. The smallest absolute Gasteiger partial charge is 0.311 e. The molecule has 0 radical (unpaired) electrons. The molecule has 2 aromatic carbocycles. The van der Waals surface area contributed by atoms with Crippen molar-refractivity contribution in [2.24, 2.45) is 17.3 Å². The minimum absolute atomic E-state index is 0.147. The number of ether oxygens (including phenoxy) is 2. The zero-order valence-electron chi connectivity index (χ0n) is 16.2. The number of hydrogen-bond donors (Lipinski definition) is 0. The first-order valence-corrected chi connectivity index (χ1v) is 11.7. The van der Waals surface area contributed by atoms with Gasteiger partial charge in [0.25, 0.3) is 0 Å². The predicted octanol–water partition coefficient (Wildman–Crippen LogP) is 7.15. The van der Waals surface area contributed by atoms with Crippen LogP contribution in [0.15, 0.2) is 54.6 Å². The highest BCUT2D eigenvalue weighted by Gasteiger charge is 2.67. The molecular formula is C22H19Br2Cl2NO3. The summed E-state index contributed by atoms with van der Waals surface area (Å²) in [5, 5.41) is 9.62. The highest BCUT2D eigenvalue weighted by atomic mass is 79.9. The highest BCUT2D eigenvalue weighted by molar-refractivity contribution is 9.13. The number of rotatable bonds is 7. The Morgan fingerprint density at radius 1 is 1.17 bits per heavy atom. The van der Waals surface area contributed by atoms with Crippen LogP contribution in [0.4, 0.5) is 0 Å². The Balaban J connectivity index is 1.72. The number of para-hydroxylation sites is 1. The van der Waals surface area contributed by atoms with Crippen molar-refractivity contribution in [3.8, 4) is 17.6 Å². The molecule has 1 aliphatic rings. The fraction of sp³-hybridized carbons (Fsp3) is 0.364. The van der Waals surface area contributed by atoms with Gasteiger partial charge in [-0.15, -0.1) is 0 Å². The molecule has 1 fully saturated rings. The van der Waals surface area contributed by atoms with E-state index in [2.05, 4.69) is 37.9 Å². The second kappa shape index (κ2) is 9.08. The Morgan fingerprint density at radius 2 is 1.80 bits per heavy atom. The summed E-state index contributed by atoms with van der Waals surface area (Å²) in [6.45, 7) is 3.89. The third-order valence-electron chi connectivity index (χ3n) is 5.28. The molecule has 0 bridgehead atoms. The largest absolute Gasteiger partial charge is 0.457 e. The first-order valence-electron chi connectivity index (χ1n) is 9.19. The zero-order valence-corrected chi connectivity index (χ0v) is 20.9. The number of hydrogen-bond acceptors (Lipinski definition) is 4. The minimum Gasteiger partial charge on any atom is -0.457 e. The van der Waals surface area contributed by atoms with Gasteiger partial charge in [0.1, 0.15) is 17.6 Å². The molecule has 1 aliphatic carbocycles. The van der Waals surface area contributed by atoms with E-state index < -0.39 is 21.2 Å². The maximum absolute atomic E-state index is 12.9. The Hall–Kier alpha value is -1.26. The van der Waals surface area contributed by atoms with E-state index in [1.54, 1.807) is 24.3 Å². The van der Waals surface area contributed by atoms with E-state index in [1.807, 2.05) is 44.2 Å². The van der Waals surface area contributed by atoms with Crippen molar-refractivity contribution in [2.45, 2.75) is 28.0 Å². The molecule has 0 saturated heterocycles. The Morgan fingerprint density at radius 3 is 2.40 bits per heavy atom. The van der Waals surface area contributed by atoms with E-state index in [0.717, 1.165) is 0 Å². The Labute approximate surface area is 202 Å². The van der Waals surface area contributed by atoms with Gasteiger partial charge >= 0.3 is 5.97 Å². The van der Waals surface area contributed by atoms with Crippen LogP contribution in [0.1, 0.15) is 25.5 Å². The van der Waals surface area contributed by atoms with Gasteiger partial charge in [0.05, 0.1) is 10.7 Å². The molecule has 30 heavy (non-hydrogen) atoms. The predicted molar refractivity (Wildman–Crippen MR) is 124 cm³/mol. The van der Waals surface area contributed by atoms with Gasteiger partial charge < -0.3 is 9.47 Å². The van der Waals surface area contributed by atoms with Crippen LogP contribution < -0.4 is 4.74 Å². The van der Waals surface area contributed by atoms with Crippen LogP contribution in [0.2, 0.25) is 0 Å². The molecule has 3 rings (SSSR count). The van der Waals surface area contributed by atoms with Crippen LogP contribution in [-0.4, -0.2) is 14.0 Å². The van der Waals surface area contributed by atoms with Crippen molar-refractivity contribution in [2.75, 3.05) is 0 Å². The Kier molecular flexibility index (Phi) is 7.08. The van der Waals surface area contributed by atoms with Gasteiger partial charge in [-0.1, -0.05) is 83.3 Å². The summed E-state index contributed by atoms with van der Waals surface area (Å²) in [5.74, 6) is 0.183. The average molecular weight is 576 g/mol. The van der Waals surface area contributed by atoms with E-state index >= 15 is 0 Å². The summed E-state index contributed by atoms with van der Waals surface area (Å²) in [4.78, 5) is 12.5. The number of benzene rings is 2. The fourth-order valence-corrected chi connectivity index (χ4v) is 5.14. The zero-order chi connectivity index (χ0) is 22.1. The van der Waals surface area contributed by atoms with Gasteiger partial charge in [-0.05, 0) is 51.5 Å². The van der Waals surface area contributed by atoms with E-state index in [1.165, 1.54) is 0 Å². The van der Waals surface area contributed by atoms with E-state index in [9.17, 15) is 10.1 Å².